The maximum absolute atomic E-state index is 12.2. The molecular formula is C14H19N3O2S2. The topological polar surface area (TPSA) is 62.3 Å². The smallest absolute Gasteiger partial charge is 0.245 e. The lowest BCUT2D eigenvalue weighted by molar-refractivity contribution is 0.454. The molecule has 0 saturated carbocycles. The minimum Gasteiger partial charge on any atom is -0.245 e. The lowest BCUT2D eigenvalue weighted by atomic mass is 10.2. The molecule has 0 aliphatic heterocycles. The third-order valence-electron chi connectivity index (χ3n) is 3.03. The highest BCUT2D eigenvalue weighted by Gasteiger charge is 2.17. The first kappa shape index (κ1) is 16.1. The van der Waals surface area contributed by atoms with Crippen molar-refractivity contribution in [2.45, 2.75) is 26.4 Å². The van der Waals surface area contributed by atoms with Crippen molar-refractivity contribution in [3.8, 4) is 0 Å². The van der Waals surface area contributed by atoms with Crippen LogP contribution in [-0.2, 0) is 29.7 Å². The lowest BCUT2D eigenvalue weighted by Crippen LogP contribution is -2.37. The van der Waals surface area contributed by atoms with Gasteiger partial charge in [-0.05, 0) is 12.0 Å². The summed E-state index contributed by atoms with van der Waals surface area (Å²) in [6, 6.07) is 9.50. The molecule has 2 rings (SSSR count). The van der Waals surface area contributed by atoms with Crippen molar-refractivity contribution in [2.24, 2.45) is 0 Å². The molecule has 0 aliphatic rings. The van der Waals surface area contributed by atoms with E-state index in [0.29, 0.717) is 6.54 Å². The molecule has 0 amide bonds. The van der Waals surface area contributed by atoms with E-state index in [0.717, 1.165) is 22.7 Å². The summed E-state index contributed by atoms with van der Waals surface area (Å²) in [5, 5.41) is 2.74. The van der Waals surface area contributed by atoms with Gasteiger partial charge < -0.3 is 0 Å². The van der Waals surface area contributed by atoms with E-state index >= 15 is 0 Å². The summed E-state index contributed by atoms with van der Waals surface area (Å²) in [7, 11) is -1.94. The number of rotatable bonds is 7. The zero-order valence-corrected chi connectivity index (χ0v) is 13.7. The Morgan fingerprint density at radius 2 is 2.00 bits per heavy atom. The van der Waals surface area contributed by atoms with E-state index in [1.165, 1.54) is 15.6 Å². The second kappa shape index (κ2) is 7.13. The van der Waals surface area contributed by atoms with Gasteiger partial charge in [0.2, 0.25) is 0 Å². The van der Waals surface area contributed by atoms with Gasteiger partial charge in [-0.1, -0.05) is 37.3 Å². The first-order valence-corrected chi connectivity index (χ1v) is 9.01. The molecule has 0 radical (unpaired) electrons. The van der Waals surface area contributed by atoms with Crippen LogP contribution in [0, 0.1) is 0 Å². The Labute approximate surface area is 129 Å². The Morgan fingerprint density at radius 3 is 2.62 bits per heavy atom. The van der Waals surface area contributed by atoms with Crippen molar-refractivity contribution in [3.05, 3.63) is 52.0 Å². The maximum Gasteiger partial charge on any atom is 0.279 e. The predicted octanol–water partition coefficient (Wildman–Crippen LogP) is 2.17. The van der Waals surface area contributed by atoms with Crippen LogP contribution in [0.25, 0.3) is 0 Å². The second-order valence-corrected chi connectivity index (χ2v) is 7.46. The number of hydrogen-bond donors (Lipinski definition) is 1. The number of hydrogen-bond acceptors (Lipinski definition) is 4. The highest BCUT2D eigenvalue weighted by Crippen LogP contribution is 2.11. The third-order valence-corrected chi connectivity index (χ3v) is 5.38. The molecule has 0 bridgehead atoms. The van der Waals surface area contributed by atoms with Gasteiger partial charge in [0.25, 0.3) is 10.2 Å². The molecular weight excluding hydrogens is 306 g/mol. The highest BCUT2D eigenvalue weighted by atomic mass is 32.2. The maximum atomic E-state index is 12.2. The molecule has 21 heavy (non-hydrogen) atoms. The SMILES string of the molecule is CCc1csc(CNS(=O)(=O)N(C)Cc2ccccc2)n1. The van der Waals surface area contributed by atoms with Crippen molar-refractivity contribution in [2.75, 3.05) is 7.05 Å². The monoisotopic (exact) mass is 325 g/mol. The van der Waals surface area contributed by atoms with Gasteiger partial charge in [-0.15, -0.1) is 11.3 Å². The van der Waals surface area contributed by atoms with Crippen LogP contribution in [-0.4, -0.2) is 24.8 Å². The van der Waals surface area contributed by atoms with Crippen molar-refractivity contribution in [1.82, 2.24) is 14.0 Å². The van der Waals surface area contributed by atoms with Crippen molar-refractivity contribution < 1.29 is 8.42 Å². The Balaban J connectivity index is 1.94. The van der Waals surface area contributed by atoms with E-state index in [1.807, 2.05) is 42.6 Å². The summed E-state index contributed by atoms with van der Waals surface area (Å²) in [6.45, 7) is 2.59. The number of thiazole rings is 1. The van der Waals surface area contributed by atoms with Gasteiger partial charge in [-0.3, -0.25) is 0 Å². The summed E-state index contributed by atoms with van der Waals surface area (Å²) in [6.07, 6.45) is 0.858. The number of aromatic nitrogens is 1. The molecule has 0 saturated heterocycles. The molecule has 7 heteroatoms. The fraction of sp³-hybridized carbons (Fsp3) is 0.357. The molecule has 1 aromatic carbocycles. The third kappa shape index (κ3) is 4.60. The van der Waals surface area contributed by atoms with E-state index in [2.05, 4.69) is 9.71 Å². The quantitative estimate of drug-likeness (QED) is 0.848. The van der Waals surface area contributed by atoms with Crippen molar-refractivity contribution in [3.63, 3.8) is 0 Å². The number of nitrogens with one attached hydrogen (secondary N) is 1. The molecule has 0 fully saturated rings. The minimum atomic E-state index is -3.50. The molecule has 1 N–H and O–H groups in total. The summed E-state index contributed by atoms with van der Waals surface area (Å²) >= 11 is 1.47. The van der Waals surface area contributed by atoms with E-state index in [9.17, 15) is 8.42 Å². The van der Waals surface area contributed by atoms with Crippen LogP contribution < -0.4 is 4.72 Å². The van der Waals surface area contributed by atoms with E-state index in [-0.39, 0.29) is 6.54 Å². The summed E-state index contributed by atoms with van der Waals surface area (Å²) in [4.78, 5) is 4.35. The molecule has 0 unspecified atom stereocenters. The van der Waals surface area contributed by atoms with Gasteiger partial charge in [0.05, 0.1) is 12.2 Å². The van der Waals surface area contributed by atoms with Gasteiger partial charge in [0, 0.05) is 19.0 Å². The van der Waals surface area contributed by atoms with Crippen molar-refractivity contribution >= 4 is 21.5 Å². The van der Waals surface area contributed by atoms with Crippen LogP contribution in [0.4, 0.5) is 0 Å². The van der Waals surface area contributed by atoms with Crippen LogP contribution in [0.3, 0.4) is 0 Å². The molecule has 1 heterocycles. The Bertz CT molecular complexity index is 669. The molecule has 0 atom stereocenters. The zero-order chi connectivity index (χ0) is 15.3. The van der Waals surface area contributed by atoms with Gasteiger partial charge in [-0.25, -0.2) is 4.98 Å². The van der Waals surface area contributed by atoms with Crippen molar-refractivity contribution in [1.29, 1.82) is 0 Å². The first-order chi connectivity index (χ1) is 10.0. The van der Waals surface area contributed by atoms with Gasteiger partial charge in [-0.2, -0.15) is 17.4 Å². The molecule has 1 aromatic heterocycles. The Hall–Kier alpha value is -1.28. The minimum absolute atomic E-state index is 0.228. The van der Waals surface area contributed by atoms with Crippen LogP contribution in [0.5, 0.6) is 0 Å². The summed E-state index contributed by atoms with van der Waals surface area (Å²) < 4.78 is 28.2. The predicted molar refractivity (Wildman–Crippen MR) is 85.2 cm³/mol. The first-order valence-electron chi connectivity index (χ1n) is 6.69. The largest absolute Gasteiger partial charge is 0.279 e. The molecule has 114 valence electrons. The number of aryl methyl sites for hydroxylation is 1. The van der Waals surface area contributed by atoms with Crippen LogP contribution in [0.2, 0.25) is 0 Å². The van der Waals surface area contributed by atoms with Gasteiger partial charge in [0.15, 0.2) is 0 Å². The average molecular weight is 325 g/mol. The normalized spacial score (nSPS) is 12.0. The molecule has 0 spiro atoms. The fourth-order valence-corrected chi connectivity index (χ4v) is 3.55. The van der Waals surface area contributed by atoms with Gasteiger partial charge >= 0.3 is 0 Å². The van der Waals surface area contributed by atoms with E-state index in [1.54, 1.807) is 7.05 Å². The number of nitrogens with zero attached hydrogens (tertiary/aromatic N) is 2. The van der Waals surface area contributed by atoms with Crippen LogP contribution in [0.15, 0.2) is 35.7 Å². The fourth-order valence-electron chi connectivity index (χ4n) is 1.78. The second-order valence-electron chi connectivity index (χ2n) is 4.65. The number of benzene rings is 1. The average Bonchev–Trinajstić information content (AvgIpc) is 2.94. The molecule has 2 aromatic rings. The molecule has 0 aliphatic carbocycles. The molecule has 5 nitrogen and oxygen atoms in total. The summed E-state index contributed by atoms with van der Waals surface area (Å²) in [5.74, 6) is 0. The zero-order valence-electron chi connectivity index (χ0n) is 12.1. The van der Waals surface area contributed by atoms with Crippen LogP contribution >= 0.6 is 11.3 Å². The standard InChI is InChI=1S/C14H19N3O2S2/c1-3-13-11-20-14(16-13)9-15-21(18,19)17(2)10-12-7-5-4-6-8-12/h4-8,11,15H,3,9-10H2,1-2H3. The highest BCUT2D eigenvalue weighted by molar-refractivity contribution is 7.87. The Kier molecular flexibility index (Phi) is 5.46. The van der Waals surface area contributed by atoms with E-state index in [4.69, 9.17) is 0 Å². The summed E-state index contributed by atoms with van der Waals surface area (Å²) in [5.41, 5.74) is 1.94. The lowest BCUT2D eigenvalue weighted by Gasteiger charge is -2.17. The van der Waals surface area contributed by atoms with E-state index < -0.39 is 10.2 Å². The van der Waals surface area contributed by atoms with Gasteiger partial charge in [0.1, 0.15) is 5.01 Å². The Morgan fingerprint density at radius 1 is 1.29 bits per heavy atom. The van der Waals surface area contributed by atoms with Crippen LogP contribution in [0.1, 0.15) is 23.2 Å².